The highest BCUT2D eigenvalue weighted by atomic mass is 32.2. The van der Waals surface area contributed by atoms with Crippen molar-refractivity contribution in [3.63, 3.8) is 0 Å². The Labute approximate surface area is 122 Å². The van der Waals surface area contributed by atoms with Crippen LogP contribution in [0, 0.1) is 15.5 Å². The average Bonchev–Trinajstić information content (AvgIpc) is 2.82. The van der Waals surface area contributed by atoms with Gasteiger partial charge in [-0.3, -0.25) is 10.1 Å². The van der Waals surface area contributed by atoms with Gasteiger partial charge in [-0.1, -0.05) is 32.1 Å². The molecule has 1 heterocycles. The number of sulfonamides is 1. The van der Waals surface area contributed by atoms with Crippen molar-refractivity contribution in [3.8, 4) is 0 Å². The molecule has 0 saturated carbocycles. The van der Waals surface area contributed by atoms with Crippen LogP contribution in [0.15, 0.2) is 10.3 Å². The minimum atomic E-state index is -3.72. The Hall–Kier alpha value is -1.19. The Bertz CT molecular complexity index is 593. The normalized spacial score (nSPS) is 12.4. The van der Waals surface area contributed by atoms with E-state index in [2.05, 4.69) is 10.0 Å². The summed E-state index contributed by atoms with van der Waals surface area (Å²) in [4.78, 5) is 10.2. The zero-order chi connectivity index (χ0) is 15.6. The first-order chi connectivity index (χ1) is 9.13. The summed E-state index contributed by atoms with van der Waals surface area (Å²) < 4.78 is 26.7. The van der Waals surface area contributed by atoms with Crippen LogP contribution >= 0.6 is 11.3 Å². The number of nitro groups is 1. The van der Waals surface area contributed by atoms with Crippen LogP contribution in [0.4, 0.5) is 10.7 Å². The molecule has 0 saturated heterocycles. The first kappa shape index (κ1) is 16.9. The van der Waals surface area contributed by atoms with Gasteiger partial charge in [0.25, 0.3) is 0 Å². The lowest BCUT2D eigenvalue weighted by atomic mass is 9.91. The van der Waals surface area contributed by atoms with Crippen LogP contribution in [-0.4, -0.2) is 26.9 Å². The average molecular weight is 321 g/mol. The Morgan fingerprint density at radius 2 is 2.05 bits per heavy atom. The maximum atomic E-state index is 12.1. The molecule has 1 aromatic rings. The monoisotopic (exact) mass is 321 g/mol. The summed E-state index contributed by atoms with van der Waals surface area (Å²) in [6.07, 6.45) is 0.821. The SMILES string of the molecule is CCC(C)(C)CNS(=O)(=O)c1cc([N+](=O)[O-])c(NC)s1. The molecule has 0 unspecified atom stereocenters. The van der Waals surface area contributed by atoms with Gasteiger partial charge in [0.15, 0.2) is 5.00 Å². The van der Waals surface area contributed by atoms with E-state index in [4.69, 9.17) is 0 Å². The third-order valence-electron chi connectivity index (χ3n) is 3.08. The molecule has 1 rings (SSSR count). The molecular weight excluding hydrogens is 302 g/mol. The fourth-order valence-corrected chi connectivity index (χ4v) is 3.86. The van der Waals surface area contributed by atoms with Crippen LogP contribution in [0.5, 0.6) is 0 Å². The summed E-state index contributed by atoms with van der Waals surface area (Å²) in [6.45, 7) is 6.16. The lowest BCUT2D eigenvalue weighted by Crippen LogP contribution is -2.33. The fourth-order valence-electron chi connectivity index (χ4n) is 1.29. The Balaban J connectivity index is 3.02. The van der Waals surface area contributed by atoms with Gasteiger partial charge in [0.05, 0.1) is 4.92 Å². The summed E-state index contributed by atoms with van der Waals surface area (Å²) in [5.41, 5.74) is -0.394. The lowest BCUT2D eigenvalue weighted by Gasteiger charge is -2.22. The second-order valence-electron chi connectivity index (χ2n) is 5.13. The molecule has 0 aliphatic carbocycles. The Morgan fingerprint density at radius 1 is 1.45 bits per heavy atom. The Kier molecular flexibility index (Phi) is 5.11. The van der Waals surface area contributed by atoms with Crippen molar-refractivity contribution in [1.82, 2.24) is 4.72 Å². The molecule has 0 aromatic carbocycles. The highest BCUT2D eigenvalue weighted by Gasteiger charge is 2.27. The number of anilines is 1. The van der Waals surface area contributed by atoms with Gasteiger partial charge in [-0.2, -0.15) is 0 Å². The smallest absolute Gasteiger partial charge is 0.304 e. The van der Waals surface area contributed by atoms with E-state index in [1.807, 2.05) is 20.8 Å². The third kappa shape index (κ3) is 3.90. The van der Waals surface area contributed by atoms with Crippen molar-refractivity contribution in [3.05, 3.63) is 16.2 Å². The van der Waals surface area contributed by atoms with Gasteiger partial charge in [-0.15, -0.1) is 0 Å². The van der Waals surface area contributed by atoms with Gasteiger partial charge in [-0.25, -0.2) is 13.1 Å². The van der Waals surface area contributed by atoms with Crippen molar-refractivity contribution < 1.29 is 13.3 Å². The number of hydrogen-bond acceptors (Lipinski definition) is 6. The predicted molar refractivity (Wildman–Crippen MR) is 79.8 cm³/mol. The molecule has 0 bridgehead atoms. The molecule has 0 radical (unpaired) electrons. The second-order valence-corrected chi connectivity index (χ2v) is 8.18. The standard InChI is InChI=1S/C11H19N3O4S2/c1-5-11(2,3)7-13-20(17,18)9-6-8(14(15)16)10(12-4)19-9/h6,12-13H,5,7H2,1-4H3. The van der Waals surface area contributed by atoms with Crippen molar-refractivity contribution in [2.45, 2.75) is 31.4 Å². The molecule has 2 N–H and O–H groups in total. The molecule has 7 nitrogen and oxygen atoms in total. The van der Waals surface area contributed by atoms with E-state index in [1.54, 1.807) is 0 Å². The summed E-state index contributed by atoms with van der Waals surface area (Å²) in [7, 11) is -2.21. The minimum absolute atomic E-state index is 0.0551. The summed E-state index contributed by atoms with van der Waals surface area (Å²) in [5, 5.41) is 13.7. The molecule has 0 spiro atoms. The largest absolute Gasteiger partial charge is 0.374 e. The highest BCUT2D eigenvalue weighted by molar-refractivity contribution is 7.91. The number of hydrogen-bond donors (Lipinski definition) is 2. The maximum Gasteiger partial charge on any atom is 0.304 e. The summed E-state index contributed by atoms with van der Waals surface area (Å²) in [5.74, 6) is 0. The molecular formula is C11H19N3O4S2. The highest BCUT2D eigenvalue weighted by Crippen LogP contribution is 2.36. The molecule has 20 heavy (non-hydrogen) atoms. The van der Waals surface area contributed by atoms with Gasteiger partial charge in [-0.05, 0) is 11.8 Å². The molecule has 0 aliphatic rings. The maximum absolute atomic E-state index is 12.1. The Morgan fingerprint density at radius 3 is 2.45 bits per heavy atom. The van der Waals surface area contributed by atoms with E-state index in [0.29, 0.717) is 0 Å². The van der Waals surface area contributed by atoms with E-state index in [-0.39, 0.29) is 26.9 Å². The van der Waals surface area contributed by atoms with Gasteiger partial charge in [0, 0.05) is 19.7 Å². The molecule has 1 aromatic heterocycles. The number of nitrogens with one attached hydrogen (secondary N) is 2. The van der Waals surface area contributed by atoms with Crippen LogP contribution in [0.1, 0.15) is 27.2 Å². The van der Waals surface area contributed by atoms with Gasteiger partial charge in [0.1, 0.15) is 4.21 Å². The first-order valence-electron chi connectivity index (χ1n) is 6.08. The van der Waals surface area contributed by atoms with Crippen molar-refractivity contribution in [2.75, 3.05) is 18.9 Å². The summed E-state index contributed by atoms with van der Waals surface area (Å²) >= 11 is 0.850. The topological polar surface area (TPSA) is 101 Å². The predicted octanol–water partition coefficient (Wildman–Crippen LogP) is 2.41. The van der Waals surface area contributed by atoms with Crippen molar-refractivity contribution in [1.29, 1.82) is 0 Å². The quantitative estimate of drug-likeness (QED) is 0.593. The van der Waals surface area contributed by atoms with Gasteiger partial charge in [0.2, 0.25) is 10.0 Å². The molecule has 0 amide bonds. The van der Waals surface area contributed by atoms with E-state index < -0.39 is 14.9 Å². The molecule has 0 aliphatic heterocycles. The molecule has 0 fully saturated rings. The van der Waals surface area contributed by atoms with E-state index in [0.717, 1.165) is 23.8 Å². The number of rotatable bonds is 7. The van der Waals surface area contributed by atoms with E-state index >= 15 is 0 Å². The van der Waals surface area contributed by atoms with Crippen LogP contribution < -0.4 is 10.0 Å². The van der Waals surface area contributed by atoms with E-state index in [9.17, 15) is 18.5 Å². The van der Waals surface area contributed by atoms with Crippen molar-refractivity contribution in [2.24, 2.45) is 5.41 Å². The zero-order valence-electron chi connectivity index (χ0n) is 11.9. The van der Waals surface area contributed by atoms with Crippen LogP contribution in [0.2, 0.25) is 0 Å². The lowest BCUT2D eigenvalue weighted by molar-refractivity contribution is -0.383. The zero-order valence-corrected chi connectivity index (χ0v) is 13.5. The number of thiophene rings is 1. The number of nitrogens with zero attached hydrogens (tertiary/aromatic N) is 1. The van der Waals surface area contributed by atoms with Crippen LogP contribution in [0.25, 0.3) is 0 Å². The van der Waals surface area contributed by atoms with Gasteiger partial charge < -0.3 is 5.32 Å². The first-order valence-corrected chi connectivity index (χ1v) is 8.38. The second kappa shape index (κ2) is 6.06. The fraction of sp³-hybridized carbons (Fsp3) is 0.636. The van der Waals surface area contributed by atoms with Crippen LogP contribution in [0.3, 0.4) is 0 Å². The third-order valence-corrected chi connectivity index (χ3v) is 6.09. The summed E-state index contributed by atoms with van der Waals surface area (Å²) in [6, 6.07) is 1.08. The van der Waals surface area contributed by atoms with Gasteiger partial charge >= 0.3 is 5.69 Å². The molecule has 114 valence electrons. The van der Waals surface area contributed by atoms with Crippen molar-refractivity contribution >= 4 is 32.0 Å². The van der Waals surface area contributed by atoms with E-state index in [1.165, 1.54) is 7.05 Å². The van der Waals surface area contributed by atoms with Crippen LogP contribution in [-0.2, 0) is 10.0 Å². The minimum Gasteiger partial charge on any atom is -0.374 e. The molecule has 0 atom stereocenters. The molecule has 9 heteroatoms.